The molecule has 0 radical (unpaired) electrons. The van der Waals surface area contributed by atoms with Crippen LogP contribution in [0.3, 0.4) is 0 Å². The van der Waals surface area contributed by atoms with E-state index in [0.29, 0.717) is 37.5 Å². The molecule has 1 saturated carbocycles. The van der Waals surface area contributed by atoms with Gasteiger partial charge in [0.2, 0.25) is 5.89 Å². The molecule has 36 heavy (non-hydrogen) atoms. The maximum absolute atomic E-state index is 13.4. The third kappa shape index (κ3) is 5.93. The van der Waals surface area contributed by atoms with E-state index in [1.165, 1.54) is 23.1 Å². The highest BCUT2D eigenvalue weighted by Gasteiger charge is 2.38. The van der Waals surface area contributed by atoms with Crippen LogP contribution in [-0.4, -0.2) is 65.9 Å². The lowest BCUT2D eigenvalue weighted by atomic mass is 10.2. The summed E-state index contributed by atoms with van der Waals surface area (Å²) in [5.74, 6) is -0.606. The lowest BCUT2D eigenvalue weighted by Gasteiger charge is -2.22. The minimum atomic E-state index is -3.02. The van der Waals surface area contributed by atoms with Crippen LogP contribution in [0.15, 0.2) is 22.6 Å². The average Bonchev–Trinajstić information content (AvgIpc) is 3.35. The largest absolute Gasteiger partial charge is 0.489 e. The molecule has 0 unspecified atom stereocenters. The number of carbonyl (C=O) groups is 2. The Hall–Kier alpha value is -3.25. The molecule has 1 aromatic heterocycles. The first-order chi connectivity index (χ1) is 17.3. The fourth-order valence-corrected chi connectivity index (χ4v) is 3.99. The van der Waals surface area contributed by atoms with Crippen LogP contribution in [0.4, 0.5) is 8.78 Å². The second-order valence-electron chi connectivity index (χ2n) is 8.86. The van der Waals surface area contributed by atoms with Crippen LogP contribution in [0, 0.1) is 5.92 Å². The molecule has 1 saturated heterocycles. The Morgan fingerprint density at radius 2 is 2.06 bits per heavy atom. The third-order valence-corrected chi connectivity index (χ3v) is 5.97. The quantitative estimate of drug-likeness (QED) is 0.438. The van der Waals surface area contributed by atoms with Crippen molar-refractivity contribution in [3.63, 3.8) is 0 Å². The molecular formula is C24H29F2N3O7. The Balaban J connectivity index is 1.62. The molecule has 1 aliphatic heterocycles. The number of halogens is 2. The van der Waals surface area contributed by atoms with E-state index in [4.69, 9.17) is 24.7 Å². The molecule has 2 aromatic rings. The number of hydrogen-bond donors (Lipinski definition) is 2. The molecule has 0 bridgehead atoms. The van der Waals surface area contributed by atoms with Crippen LogP contribution in [0.25, 0.3) is 11.5 Å². The first-order valence-corrected chi connectivity index (χ1v) is 11.8. The maximum atomic E-state index is 13.4. The molecule has 0 spiro atoms. The second-order valence-corrected chi connectivity index (χ2v) is 8.86. The molecule has 1 amide bonds. The van der Waals surface area contributed by atoms with Gasteiger partial charge < -0.3 is 34.4 Å². The molecular weight excluding hydrogens is 480 g/mol. The fraction of sp³-hybridized carbons (Fsp3) is 0.542. The van der Waals surface area contributed by atoms with Crippen molar-refractivity contribution in [2.24, 2.45) is 11.7 Å². The van der Waals surface area contributed by atoms with Gasteiger partial charge in [-0.25, -0.2) is 9.78 Å². The number of rotatable bonds is 11. The van der Waals surface area contributed by atoms with Gasteiger partial charge in [0.05, 0.1) is 19.3 Å². The van der Waals surface area contributed by atoms with Gasteiger partial charge in [-0.3, -0.25) is 4.79 Å². The van der Waals surface area contributed by atoms with E-state index in [2.05, 4.69) is 9.72 Å². The average molecular weight is 510 g/mol. The number of nitrogens with two attached hydrogens (primary N) is 1. The number of nitrogens with zero attached hydrogens (tertiary/aromatic N) is 2. The summed E-state index contributed by atoms with van der Waals surface area (Å²) in [4.78, 5) is 31.5. The van der Waals surface area contributed by atoms with E-state index in [0.717, 1.165) is 12.8 Å². The Bertz CT molecular complexity index is 1090. The van der Waals surface area contributed by atoms with E-state index >= 15 is 0 Å². The molecule has 2 heterocycles. The van der Waals surface area contributed by atoms with Gasteiger partial charge in [0.25, 0.3) is 5.91 Å². The maximum Gasteiger partial charge on any atom is 0.387 e. The van der Waals surface area contributed by atoms with Crippen LogP contribution in [0.2, 0.25) is 0 Å². The topological polar surface area (TPSA) is 137 Å². The lowest BCUT2D eigenvalue weighted by molar-refractivity contribution is -0.149. The van der Waals surface area contributed by atoms with Crippen molar-refractivity contribution in [2.45, 2.75) is 51.3 Å². The summed E-state index contributed by atoms with van der Waals surface area (Å²) < 4.78 is 46.9. The summed E-state index contributed by atoms with van der Waals surface area (Å²) in [5.41, 5.74) is 6.38. The number of amides is 1. The van der Waals surface area contributed by atoms with Crippen molar-refractivity contribution in [3.8, 4) is 23.0 Å². The number of aliphatic hydroxyl groups excluding tert-OH is 1. The highest BCUT2D eigenvalue weighted by molar-refractivity contribution is 5.97. The van der Waals surface area contributed by atoms with Crippen molar-refractivity contribution < 1.29 is 42.1 Å². The van der Waals surface area contributed by atoms with Crippen molar-refractivity contribution in [3.05, 3.63) is 29.7 Å². The first kappa shape index (κ1) is 25.8. The number of ether oxygens (including phenoxy) is 3. The third-order valence-electron chi connectivity index (χ3n) is 5.97. The number of alkyl halides is 2. The van der Waals surface area contributed by atoms with Crippen molar-refractivity contribution in [2.75, 3.05) is 26.4 Å². The number of oxazole rings is 1. The van der Waals surface area contributed by atoms with Crippen molar-refractivity contribution in [1.29, 1.82) is 0 Å². The fourth-order valence-electron chi connectivity index (χ4n) is 3.99. The van der Waals surface area contributed by atoms with Gasteiger partial charge in [-0.1, -0.05) is 0 Å². The number of likely N-dealkylation sites (tertiary alicyclic amines) is 1. The van der Waals surface area contributed by atoms with E-state index in [-0.39, 0.29) is 42.1 Å². The van der Waals surface area contributed by atoms with Crippen LogP contribution in [0.1, 0.15) is 54.9 Å². The Morgan fingerprint density at radius 3 is 2.72 bits per heavy atom. The van der Waals surface area contributed by atoms with Gasteiger partial charge >= 0.3 is 12.6 Å². The van der Waals surface area contributed by atoms with Gasteiger partial charge in [0.1, 0.15) is 12.6 Å². The van der Waals surface area contributed by atoms with Crippen molar-refractivity contribution in [1.82, 2.24) is 9.88 Å². The summed E-state index contributed by atoms with van der Waals surface area (Å²) in [6.07, 6.45) is 3.04. The molecule has 1 aliphatic carbocycles. The van der Waals surface area contributed by atoms with Gasteiger partial charge in [-0.05, 0) is 56.7 Å². The summed E-state index contributed by atoms with van der Waals surface area (Å²) in [5, 5.41) is 8.91. The highest BCUT2D eigenvalue weighted by Crippen LogP contribution is 2.37. The molecule has 2 fully saturated rings. The molecule has 10 nitrogen and oxygen atoms in total. The summed E-state index contributed by atoms with van der Waals surface area (Å²) in [6.45, 7) is -1.19. The molecule has 3 N–H and O–H groups in total. The van der Waals surface area contributed by atoms with Crippen LogP contribution >= 0.6 is 0 Å². The first-order valence-electron chi connectivity index (χ1n) is 11.8. The number of esters is 1. The zero-order chi connectivity index (χ0) is 25.8. The Morgan fingerprint density at radius 1 is 1.28 bits per heavy atom. The van der Waals surface area contributed by atoms with E-state index < -0.39 is 30.6 Å². The number of benzene rings is 1. The predicted molar refractivity (Wildman–Crippen MR) is 121 cm³/mol. The van der Waals surface area contributed by atoms with E-state index in [1.54, 1.807) is 6.92 Å². The van der Waals surface area contributed by atoms with Crippen molar-refractivity contribution >= 4 is 11.9 Å². The number of carbonyl (C=O) groups excluding carboxylic acids is 2. The summed E-state index contributed by atoms with van der Waals surface area (Å²) in [7, 11) is 0. The zero-order valence-electron chi connectivity index (χ0n) is 19.8. The summed E-state index contributed by atoms with van der Waals surface area (Å²) >= 11 is 0. The van der Waals surface area contributed by atoms with Gasteiger partial charge in [0, 0.05) is 12.1 Å². The monoisotopic (exact) mass is 509 g/mol. The normalized spacial score (nSPS) is 18.4. The number of hydrogen-bond acceptors (Lipinski definition) is 9. The molecule has 4 rings (SSSR count). The minimum Gasteiger partial charge on any atom is -0.489 e. The second kappa shape index (κ2) is 11.2. The lowest BCUT2D eigenvalue weighted by Crippen LogP contribution is -2.42. The Labute approximate surface area is 206 Å². The van der Waals surface area contributed by atoms with Gasteiger partial charge in [-0.2, -0.15) is 8.78 Å². The molecule has 2 aliphatic rings. The summed E-state index contributed by atoms with van der Waals surface area (Å²) in [6, 6.07) is 2.76. The minimum absolute atomic E-state index is 0.0455. The van der Waals surface area contributed by atoms with Crippen LogP contribution < -0.4 is 15.2 Å². The Kier molecular flexibility index (Phi) is 8.04. The molecule has 1 aromatic carbocycles. The zero-order valence-corrected chi connectivity index (χ0v) is 19.8. The van der Waals surface area contributed by atoms with Gasteiger partial charge in [-0.15, -0.1) is 0 Å². The molecule has 2 atom stereocenters. The standard InChI is InChI=1S/C24H29F2N3O7/c1-13(27)20-19(22(31)29-8-2-3-16(29)23(32)33-10-9-30)28-21(36-20)15-6-7-17(35-24(25)26)18(11-15)34-12-14-4-5-14/h6-7,11,13-14,16,24,30H,2-5,8-10,12,27H2,1H3/t13-,16-/m0/s1. The van der Waals surface area contributed by atoms with E-state index in [1.807, 2.05) is 0 Å². The number of aromatic nitrogens is 1. The van der Waals surface area contributed by atoms with Crippen LogP contribution in [0.5, 0.6) is 11.5 Å². The molecule has 12 heteroatoms. The SMILES string of the molecule is C[C@H](N)c1oc(-c2ccc(OC(F)F)c(OCC3CC3)c2)nc1C(=O)N1CCC[C@H]1C(=O)OCCO. The number of aliphatic hydroxyl groups is 1. The predicted octanol–water partition coefficient (Wildman–Crippen LogP) is 2.89. The van der Waals surface area contributed by atoms with Gasteiger partial charge in [0.15, 0.2) is 23.0 Å². The van der Waals surface area contributed by atoms with E-state index in [9.17, 15) is 18.4 Å². The smallest absolute Gasteiger partial charge is 0.387 e. The van der Waals surface area contributed by atoms with Crippen LogP contribution in [-0.2, 0) is 9.53 Å². The molecule has 196 valence electrons. The highest BCUT2D eigenvalue weighted by atomic mass is 19.3.